The summed E-state index contributed by atoms with van der Waals surface area (Å²) in [6.45, 7) is 6.15. The zero-order valence-corrected chi connectivity index (χ0v) is 12.8. The first kappa shape index (κ1) is 14.3. The number of anilines is 1. The molecule has 21 heavy (non-hydrogen) atoms. The lowest BCUT2D eigenvalue weighted by molar-refractivity contribution is -0.143. The van der Waals surface area contributed by atoms with Gasteiger partial charge in [0.05, 0.1) is 5.92 Å². The first-order chi connectivity index (χ1) is 9.95. The predicted octanol–water partition coefficient (Wildman–Crippen LogP) is 2.82. The van der Waals surface area contributed by atoms with Crippen LogP contribution in [-0.2, 0) is 4.79 Å². The van der Waals surface area contributed by atoms with Crippen LogP contribution in [0, 0.1) is 24.7 Å². The molecule has 0 spiro atoms. The Morgan fingerprint density at radius 2 is 2.05 bits per heavy atom. The zero-order valence-electron chi connectivity index (χ0n) is 12.8. The average molecular weight is 289 g/mol. The van der Waals surface area contributed by atoms with E-state index in [0.717, 1.165) is 30.7 Å². The third kappa shape index (κ3) is 2.61. The van der Waals surface area contributed by atoms with Crippen molar-refractivity contribution in [3.05, 3.63) is 17.5 Å². The third-order valence-electron chi connectivity index (χ3n) is 4.96. The molecule has 2 aliphatic rings. The van der Waals surface area contributed by atoms with Crippen LogP contribution < -0.4 is 5.32 Å². The Morgan fingerprint density at radius 1 is 1.33 bits per heavy atom. The van der Waals surface area contributed by atoms with Crippen molar-refractivity contribution in [1.82, 2.24) is 9.97 Å². The SMILES string of the molecule is Cc1cc(C(C)C)nc(NC2C3CCC(C3)C2C(=O)O)n1. The zero-order chi connectivity index (χ0) is 15.1. The minimum atomic E-state index is -0.684. The summed E-state index contributed by atoms with van der Waals surface area (Å²) in [5, 5.41) is 12.8. The predicted molar refractivity (Wildman–Crippen MR) is 80.2 cm³/mol. The van der Waals surface area contributed by atoms with Crippen molar-refractivity contribution < 1.29 is 9.90 Å². The molecular formula is C16H23N3O2. The largest absolute Gasteiger partial charge is 0.481 e. The Morgan fingerprint density at radius 3 is 2.71 bits per heavy atom. The fourth-order valence-electron chi connectivity index (χ4n) is 3.96. The van der Waals surface area contributed by atoms with Crippen molar-refractivity contribution in [3.63, 3.8) is 0 Å². The van der Waals surface area contributed by atoms with Gasteiger partial charge in [0.15, 0.2) is 0 Å². The van der Waals surface area contributed by atoms with Crippen LogP contribution in [0.25, 0.3) is 0 Å². The Bertz CT molecular complexity index is 558. The van der Waals surface area contributed by atoms with Gasteiger partial charge in [0.25, 0.3) is 0 Å². The van der Waals surface area contributed by atoms with E-state index in [9.17, 15) is 9.90 Å². The van der Waals surface area contributed by atoms with Crippen molar-refractivity contribution in [2.24, 2.45) is 17.8 Å². The number of hydrogen-bond donors (Lipinski definition) is 2. The van der Waals surface area contributed by atoms with E-state index in [-0.39, 0.29) is 12.0 Å². The number of carbonyl (C=O) groups is 1. The maximum atomic E-state index is 11.6. The Balaban J connectivity index is 1.84. The molecule has 114 valence electrons. The molecule has 2 bridgehead atoms. The number of aryl methyl sites for hydroxylation is 1. The summed E-state index contributed by atoms with van der Waals surface area (Å²) in [4.78, 5) is 20.6. The molecular weight excluding hydrogens is 266 g/mol. The Kier molecular flexibility index (Phi) is 3.59. The van der Waals surface area contributed by atoms with Crippen molar-refractivity contribution >= 4 is 11.9 Å². The summed E-state index contributed by atoms with van der Waals surface area (Å²) in [6.07, 6.45) is 3.19. The Hall–Kier alpha value is -1.65. The lowest BCUT2D eigenvalue weighted by Gasteiger charge is -2.29. The molecule has 5 heteroatoms. The standard InChI is InChI=1S/C16H23N3O2/c1-8(2)12-6-9(3)17-16(18-12)19-14-11-5-4-10(7-11)13(14)15(20)21/h6,8,10-11,13-14H,4-5,7H2,1-3H3,(H,20,21)(H,17,18,19). The van der Waals surface area contributed by atoms with E-state index in [0.29, 0.717) is 23.7 Å². The molecule has 1 heterocycles. The molecule has 0 aromatic carbocycles. The first-order valence-electron chi connectivity index (χ1n) is 7.80. The van der Waals surface area contributed by atoms with Gasteiger partial charge in [-0.05, 0) is 50.0 Å². The molecule has 4 unspecified atom stereocenters. The molecule has 3 rings (SSSR count). The van der Waals surface area contributed by atoms with Crippen molar-refractivity contribution in [2.75, 3.05) is 5.32 Å². The number of aromatic nitrogens is 2. The van der Waals surface area contributed by atoms with Gasteiger partial charge in [-0.1, -0.05) is 13.8 Å². The molecule has 2 saturated carbocycles. The molecule has 0 saturated heterocycles. The molecule has 2 fully saturated rings. The minimum absolute atomic E-state index is 0.0249. The second kappa shape index (κ2) is 5.28. The number of carboxylic acid groups (broad SMARTS) is 1. The van der Waals surface area contributed by atoms with Gasteiger partial charge in [-0.25, -0.2) is 9.97 Å². The van der Waals surface area contributed by atoms with Crippen LogP contribution in [-0.4, -0.2) is 27.1 Å². The lowest BCUT2D eigenvalue weighted by Crippen LogP contribution is -2.39. The summed E-state index contributed by atoms with van der Waals surface area (Å²) in [6, 6.07) is 1.97. The number of fused-ring (bicyclic) bond motifs is 2. The minimum Gasteiger partial charge on any atom is -0.481 e. The van der Waals surface area contributed by atoms with Gasteiger partial charge >= 0.3 is 5.97 Å². The number of hydrogen-bond acceptors (Lipinski definition) is 4. The van der Waals surface area contributed by atoms with Gasteiger partial charge in [-0.15, -0.1) is 0 Å². The smallest absolute Gasteiger partial charge is 0.308 e. The second-order valence-electron chi connectivity index (χ2n) is 6.78. The van der Waals surface area contributed by atoms with Gasteiger partial charge in [0.1, 0.15) is 0 Å². The maximum Gasteiger partial charge on any atom is 0.308 e. The third-order valence-corrected chi connectivity index (χ3v) is 4.96. The fourth-order valence-corrected chi connectivity index (χ4v) is 3.96. The van der Waals surface area contributed by atoms with Crippen LogP contribution in [0.1, 0.15) is 50.4 Å². The van der Waals surface area contributed by atoms with Crippen LogP contribution in [0.2, 0.25) is 0 Å². The van der Waals surface area contributed by atoms with Crippen LogP contribution >= 0.6 is 0 Å². The van der Waals surface area contributed by atoms with Gasteiger partial charge < -0.3 is 10.4 Å². The lowest BCUT2D eigenvalue weighted by atomic mass is 9.84. The summed E-state index contributed by atoms with van der Waals surface area (Å²) < 4.78 is 0. The quantitative estimate of drug-likeness (QED) is 0.891. The monoisotopic (exact) mass is 289 g/mol. The van der Waals surface area contributed by atoms with Crippen LogP contribution in [0.3, 0.4) is 0 Å². The van der Waals surface area contributed by atoms with E-state index in [4.69, 9.17) is 0 Å². The number of nitrogens with one attached hydrogen (secondary N) is 1. The van der Waals surface area contributed by atoms with Crippen molar-refractivity contribution in [3.8, 4) is 0 Å². The molecule has 0 radical (unpaired) electrons. The summed E-state index contributed by atoms with van der Waals surface area (Å²) in [7, 11) is 0. The Labute approximate surface area is 125 Å². The summed E-state index contributed by atoms with van der Waals surface area (Å²) >= 11 is 0. The molecule has 5 nitrogen and oxygen atoms in total. The highest BCUT2D eigenvalue weighted by atomic mass is 16.4. The van der Waals surface area contributed by atoms with E-state index in [1.807, 2.05) is 13.0 Å². The molecule has 1 aromatic rings. The number of aliphatic carboxylic acids is 1. The van der Waals surface area contributed by atoms with E-state index in [1.54, 1.807) is 0 Å². The van der Waals surface area contributed by atoms with Crippen molar-refractivity contribution in [1.29, 1.82) is 0 Å². The van der Waals surface area contributed by atoms with Crippen LogP contribution in [0.5, 0.6) is 0 Å². The molecule has 0 amide bonds. The molecule has 1 aromatic heterocycles. The molecule has 4 atom stereocenters. The van der Waals surface area contributed by atoms with E-state index in [2.05, 4.69) is 29.1 Å². The fraction of sp³-hybridized carbons (Fsp3) is 0.688. The van der Waals surface area contributed by atoms with Gasteiger partial charge in [-0.3, -0.25) is 4.79 Å². The van der Waals surface area contributed by atoms with E-state index in [1.165, 1.54) is 0 Å². The van der Waals surface area contributed by atoms with Crippen LogP contribution in [0.15, 0.2) is 6.07 Å². The highest BCUT2D eigenvalue weighted by molar-refractivity contribution is 5.73. The highest BCUT2D eigenvalue weighted by Gasteiger charge is 2.51. The van der Waals surface area contributed by atoms with Crippen LogP contribution in [0.4, 0.5) is 5.95 Å². The summed E-state index contributed by atoms with van der Waals surface area (Å²) in [5.41, 5.74) is 1.92. The van der Waals surface area contributed by atoms with E-state index >= 15 is 0 Å². The number of carboxylic acids is 1. The van der Waals surface area contributed by atoms with Gasteiger partial charge in [0, 0.05) is 17.4 Å². The first-order valence-corrected chi connectivity index (χ1v) is 7.80. The number of rotatable bonds is 4. The van der Waals surface area contributed by atoms with Crippen molar-refractivity contribution in [2.45, 2.75) is 52.0 Å². The van der Waals surface area contributed by atoms with E-state index < -0.39 is 5.97 Å². The van der Waals surface area contributed by atoms with Gasteiger partial charge in [-0.2, -0.15) is 0 Å². The summed E-state index contributed by atoms with van der Waals surface area (Å²) in [5.74, 6) is 0.707. The highest BCUT2D eigenvalue weighted by Crippen LogP contribution is 2.49. The molecule has 2 aliphatic carbocycles. The normalized spacial score (nSPS) is 30.9. The second-order valence-corrected chi connectivity index (χ2v) is 6.78. The molecule has 0 aliphatic heterocycles. The van der Waals surface area contributed by atoms with Gasteiger partial charge in [0.2, 0.25) is 5.95 Å². The number of nitrogens with zero attached hydrogens (tertiary/aromatic N) is 2. The maximum absolute atomic E-state index is 11.6. The topological polar surface area (TPSA) is 75.1 Å². The molecule has 2 N–H and O–H groups in total. The average Bonchev–Trinajstić information content (AvgIpc) is 2.98.